The Morgan fingerprint density at radius 2 is 1.63 bits per heavy atom. The SMILES string of the molecule is CC1CCC2(NC1)OC1CC3C4CC=C5C[C@@H](O[C@@H]6O[C@H](CO)[C@@H](O)[C@@H](O)[C@H]6OC6O[C@@H](C)[C@@H](O)[C@H](O)[C@@H]6O)CC[C@]5(C)C4CC[C@]3(C)C1[C@@H]2C. The summed E-state index contributed by atoms with van der Waals surface area (Å²) in [5.41, 5.74) is 1.61. The molecule has 290 valence electrons. The highest BCUT2D eigenvalue weighted by atomic mass is 16.8. The van der Waals surface area contributed by atoms with Gasteiger partial charge < -0.3 is 54.3 Å². The summed E-state index contributed by atoms with van der Waals surface area (Å²) in [7, 11) is 0. The van der Waals surface area contributed by atoms with Crippen LogP contribution in [0.25, 0.3) is 0 Å². The average molecular weight is 722 g/mol. The topological polar surface area (TPSA) is 180 Å². The molecule has 4 heterocycles. The summed E-state index contributed by atoms with van der Waals surface area (Å²) in [6, 6.07) is 0. The van der Waals surface area contributed by atoms with Crippen molar-refractivity contribution in [1.29, 1.82) is 0 Å². The van der Waals surface area contributed by atoms with E-state index in [9.17, 15) is 30.6 Å². The Labute approximate surface area is 302 Å². The third-order valence-corrected chi connectivity index (χ3v) is 15.8. The first kappa shape index (κ1) is 37.2. The Hall–Kier alpha value is -0.740. The molecule has 3 saturated carbocycles. The Balaban J connectivity index is 0.964. The molecule has 7 fully saturated rings. The van der Waals surface area contributed by atoms with Gasteiger partial charge in [0.05, 0.1) is 24.9 Å². The molecule has 12 nitrogen and oxygen atoms in total. The monoisotopic (exact) mass is 721 g/mol. The first-order valence-electron chi connectivity index (χ1n) is 20.0. The van der Waals surface area contributed by atoms with Crippen LogP contribution in [-0.2, 0) is 23.7 Å². The van der Waals surface area contributed by atoms with Gasteiger partial charge in [0, 0.05) is 12.5 Å². The van der Waals surface area contributed by atoms with E-state index in [0.29, 0.717) is 48.0 Å². The van der Waals surface area contributed by atoms with Gasteiger partial charge in [0.2, 0.25) is 0 Å². The Bertz CT molecular complexity index is 1310. The van der Waals surface area contributed by atoms with Gasteiger partial charge in [0.15, 0.2) is 12.6 Å². The number of hydrogen-bond donors (Lipinski definition) is 7. The van der Waals surface area contributed by atoms with E-state index in [2.05, 4.69) is 39.1 Å². The molecule has 7 N–H and O–H groups in total. The summed E-state index contributed by atoms with van der Waals surface area (Å²) in [6.45, 7) is 11.9. The molecule has 12 heteroatoms. The average Bonchev–Trinajstić information content (AvgIpc) is 3.56. The molecule has 0 aromatic heterocycles. The first-order chi connectivity index (χ1) is 24.2. The number of aliphatic hydroxyl groups is 6. The fourth-order valence-corrected chi connectivity index (χ4v) is 12.7. The number of rotatable bonds is 5. The molecule has 51 heavy (non-hydrogen) atoms. The Morgan fingerprint density at radius 1 is 0.843 bits per heavy atom. The van der Waals surface area contributed by atoms with Gasteiger partial charge in [-0.3, -0.25) is 5.32 Å². The van der Waals surface area contributed by atoms with Crippen LogP contribution in [0.1, 0.15) is 92.4 Å². The lowest BCUT2D eigenvalue weighted by Gasteiger charge is -2.59. The molecule has 0 aromatic rings. The summed E-state index contributed by atoms with van der Waals surface area (Å²) in [4.78, 5) is 0. The maximum absolute atomic E-state index is 11.1. The maximum atomic E-state index is 11.1. The molecule has 0 radical (unpaired) electrons. The van der Waals surface area contributed by atoms with E-state index in [0.717, 1.165) is 38.6 Å². The summed E-state index contributed by atoms with van der Waals surface area (Å²) in [5.74, 6) is 3.68. The van der Waals surface area contributed by atoms with Gasteiger partial charge in [0.1, 0.15) is 48.5 Å². The van der Waals surface area contributed by atoms with Gasteiger partial charge in [-0.15, -0.1) is 0 Å². The highest BCUT2D eigenvalue weighted by Crippen LogP contribution is 2.70. The van der Waals surface area contributed by atoms with Crippen molar-refractivity contribution in [1.82, 2.24) is 5.32 Å². The maximum Gasteiger partial charge on any atom is 0.187 e. The van der Waals surface area contributed by atoms with E-state index < -0.39 is 68.0 Å². The highest BCUT2D eigenvalue weighted by Gasteiger charge is 2.68. The molecule has 8 rings (SSSR count). The van der Waals surface area contributed by atoms with Crippen molar-refractivity contribution < 1.29 is 54.3 Å². The number of hydrogen-bond acceptors (Lipinski definition) is 12. The van der Waals surface area contributed by atoms with Crippen LogP contribution in [0, 0.1) is 46.3 Å². The summed E-state index contributed by atoms with van der Waals surface area (Å²) >= 11 is 0. The van der Waals surface area contributed by atoms with Crippen molar-refractivity contribution in [2.45, 2.75) is 172 Å². The van der Waals surface area contributed by atoms with Crippen LogP contribution in [-0.4, -0.2) is 123 Å². The Morgan fingerprint density at radius 3 is 2.35 bits per heavy atom. The standard InChI is InChI=1S/C39H63NO11/c1-18-8-13-39(40-16-18)19(2)28-26(51-39)15-25-23-7-6-21-14-22(9-11-37(21,4)24(23)10-12-38(25,28)5)48-36-34(32(45)30(43)27(17-41)49-36)50-35-33(46)31(44)29(42)20(3)47-35/h6,18-20,22-36,40-46H,7-17H2,1-5H3/t18?,19-,20-,22-,23?,24?,25?,26?,27+,28?,29+,30+,31-,32+,33-,34+,35?,36+,37-,38-,39?/m0/s1. The number of allylic oxidation sites excluding steroid dienone is 1. The van der Waals surface area contributed by atoms with Crippen molar-refractivity contribution >= 4 is 0 Å². The van der Waals surface area contributed by atoms with Gasteiger partial charge in [-0.2, -0.15) is 0 Å². The van der Waals surface area contributed by atoms with E-state index in [1.807, 2.05) is 0 Å². The smallest absolute Gasteiger partial charge is 0.187 e. The van der Waals surface area contributed by atoms with E-state index in [-0.39, 0.29) is 22.7 Å². The van der Waals surface area contributed by atoms with Crippen molar-refractivity contribution in [3.63, 3.8) is 0 Å². The second-order valence-corrected chi connectivity index (χ2v) is 18.4. The molecule has 21 atom stereocenters. The van der Waals surface area contributed by atoms with Gasteiger partial charge in [0.25, 0.3) is 0 Å². The molecule has 0 aromatic carbocycles. The number of piperidine rings is 1. The lowest BCUT2D eigenvalue weighted by Crippen LogP contribution is -2.64. The number of ether oxygens (including phenoxy) is 5. The number of aliphatic hydroxyl groups excluding tert-OH is 6. The minimum Gasteiger partial charge on any atom is -0.394 e. The number of fused-ring (bicyclic) bond motifs is 7. The molecule has 8 aliphatic rings. The second kappa shape index (κ2) is 13.5. The van der Waals surface area contributed by atoms with Crippen LogP contribution < -0.4 is 5.32 Å². The Kier molecular flexibility index (Phi) is 9.83. The first-order valence-corrected chi connectivity index (χ1v) is 20.0. The summed E-state index contributed by atoms with van der Waals surface area (Å²) < 4.78 is 31.2. The lowest BCUT2D eigenvalue weighted by atomic mass is 9.47. The number of nitrogens with one attached hydrogen (secondary N) is 1. The zero-order valence-corrected chi connectivity index (χ0v) is 31.0. The van der Waals surface area contributed by atoms with Crippen LogP contribution in [0.3, 0.4) is 0 Å². The zero-order chi connectivity index (χ0) is 36.2. The van der Waals surface area contributed by atoms with Crippen LogP contribution in [0.5, 0.6) is 0 Å². The van der Waals surface area contributed by atoms with Crippen LogP contribution in [0.4, 0.5) is 0 Å². The van der Waals surface area contributed by atoms with Crippen LogP contribution in [0.2, 0.25) is 0 Å². The fourth-order valence-electron chi connectivity index (χ4n) is 12.7. The van der Waals surface area contributed by atoms with Gasteiger partial charge >= 0.3 is 0 Å². The molecule has 4 aliphatic carbocycles. The van der Waals surface area contributed by atoms with Gasteiger partial charge in [-0.25, -0.2) is 0 Å². The largest absolute Gasteiger partial charge is 0.394 e. The van der Waals surface area contributed by atoms with E-state index in [1.54, 1.807) is 6.92 Å². The minimum atomic E-state index is -1.60. The van der Waals surface area contributed by atoms with Crippen molar-refractivity contribution in [3.8, 4) is 0 Å². The van der Waals surface area contributed by atoms with E-state index in [4.69, 9.17) is 23.7 Å². The van der Waals surface area contributed by atoms with Crippen LogP contribution in [0.15, 0.2) is 11.6 Å². The van der Waals surface area contributed by atoms with E-state index >= 15 is 0 Å². The second-order valence-electron chi connectivity index (χ2n) is 18.4. The molecule has 0 amide bonds. The molecule has 4 aliphatic heterocycles. The quantitative estimate of drug-likeness (QED) is 0.206. The fraction of sp³-hybridized carbons (Fsp3) is 0.949. The zero-order valence-electron chi connectivity index (χ0n) is 31.0. The summed E-state index contributed by atoms with van der Waals surface area (Å²) in [5, 5.41) is 66.8. The van der Waals surface area contributed by atoms with Gasteiger partial charge in [-0.05, 0) is 105 Å². The molecule has 0 bridgehead atoms. The molecular formula is C39H63NO11. The molecule has 1 spiro atoms. The minimum absolute atomic E-state index is 0.0659. The normalized spacial score (nSPS) is 58.4. The third-order valence-electron chi connectivity index (χ3n) is 15.8. The van der Waals surface area contributed by atoms with Crippen molar-refractivity contribution in [2.24, 2.45) is 46.3 Å². The molecular weight excluding hydrogens is 658 g/mol. The van der Waals surface area contributed by atoms with E-state index in [1.165, 1.54) is 24.8 Å². The molecule has 4 saturated heterocycles. The third kappa shape index (κ3) is 5.84. The predicted molar refractivity (Wildman–Crippen MR) is 184 cm³/mol. The molecule has 8 unspecified atom stereocenters. The van der Waals surface area contributed by atoms with Crippen LogP contribution >= 0.6 is 0 Å². The predicted octanol–water partition coefficient (Wildman–Crippen LogP) is 1.96. The van der Waals surface area contributed by atoms with Crippen molar-refractivity contribution in [2.75, 3.05) is 13.2 Å². The lowest BCUT2D eigenvalue weighted by molar-refractivity contribution is -0.369. The van der Waals surface area contributed by atoms with Crippen molar-refractivity contribution in [3.05, 3.63) is 11.6 Å². The highest BCUT2D eigenvalue weighted by molar-refractivity contribution is 5.26. The summed E-state index contributed by atoms with van der Waals surface area (Å²) in [6.07, 6.45) is -1.26. The van der Waals surface area contributed by atoms with Gasteiger partial charge in [-0.1, -0.05) is 39.3 Å².